The van der Waals surface area contributed by atoms with E-state index in [2.05, 4.69) is 15.5 Å². The van der Waals surface area contributed by atoms with Crippen LogP contribution >= 0.6 is 23.1 Å². The van der Waals surface area contributed by atoms with Gasteiger partial charge in [-0.3, -0.25) is 4.79 Å². The molecular formula is C17H22N4O2S2. The summed E-state index contributed by atoms with van der Waals surface area (Å²) in [7, 11) is 0. The third-order valence-corrected chi connectivity index (χ3v) is 6.58. The third kappa shape index (κ3) is 4.25. The number of carbonyl (C=O) groups excluding carboxylic acids is 1. The summed E-state index contributed by atoms with van der Waals surface area (Å²) in [6, 6.07) is 6.23. The number of aromatic nitrogens is 1. The van der Waals surface area contributed by atoms with Gasteiger partial charge >= 0.3 is 0 Å². The van der Waals surface area contributed by atoms with Gasteiger partial charge in [-0.25, -0.2) is 4.98 Å². The van der Waals surface area contributed by atoms with Crippen LogP contribution in [0.3, 0.4) is 0 Å². The van der Waals surface area contributed by atoms with Crippen LogP contribution in [-0.2, 0) is 9.53 Å². The lowest BCUT2D eigenvalue weighted by Crippen LogP contribution is -2.39. The Kier molecular flexibility index (Phi) is 5.40. The van der Waals surface area contributed by atoms with Crippen LogP contribution in [-0.4, -0.2) is 61.3 Å². The van der Waals surface area contributed by atoms with E-state index in [1.54, 1.807) is 11.3 Å². The van der Waals surface area contributed by atoms with Gasteiger partial charge in [0.05, 0.1) is 23.4 Å². The standard InChI is InChI=1S/C17H22N4O2S2/c22-16(10-13-11-24-8-3-18-13)19-12-1-2-14-15(9-12)25-17(20-14)21-4-6-23-7-5-21/h1-2,9,13,18H,3-8,10-11H2,(H,19,22). The van der Waals surface area contributed by atoms with E-state index in [1.165, 1.54) is 0 Å². The molecule has 25 heavy (non-hydrogen) atoms. The third-order valence-electron chi connectivity index (χ3n) is 4.37. The van der Waals surface area contributed by atoms with E-state index in [9.17, 15) is 4.79 Å². The molecule has 134 valence electrons. The van der Waals surface area contributed by atoms with Crippen molar-refractivity contribution in [2.24, 2.45) is 0 Å². The molecule has 1 aromatic carbocycles. The van der Waals surface area contributed by atoms with Gasteiger partial charge in [0.25, 0.3) is 0 Å². The minimum atomic E-state index is 0.0669. The highest BCUT2D eigenvalue weighted by atomic mass is 32.2. The summed E-state index contributed by atoms with van der Waals surface area (Å²) in [5.74, 6) is 2.20. The number of benzene rings is 1. The molecule has 2 N–H and O–H groups in total. The number of hydrogen-bond acceptors (Lipinski definition) is 7. The maximum atomic E-state index is 12.3. The molecule has 0 radical (unpaired) electrons. The highest BCUT2D eigenvalue weighted by Gasteiger charge is 2.18. The van der Waals surface area contributed by atoms with E-state index in [-0.39, 0.29) is 11.9 Å². The van der Waals surface area contributed by atoms with Crippen molar-refractivity contribution in [1.29, 1.82) is 0 Å². The Balaban J connectivity index is 1.42. The number of hydrogen-bond donors (Lipinski definition) is 2. The fourth-order valence-corrected chi connectivity index (χ4v) is 5.07. The molecule has 4 rings (SSSR count). The zero-order valence-corrected chi connectivity index (χ0v) is 15.6. The Morgan fingerprint density at radius 3 is 3.08 bits per heavy atom. The van der Waals surface area contributed by atoms with Gasteiger partial charge in [-0.1, -0.05) is 11.3 Å². The van der Waals surface area contributed by atoms with Crippen LogP contribution in [0.15, 0.2) is 18.2 Å². The SMILES string of the molecule is O=C(CC1CSCCN1)Nc1ccc2nc(N3CCOCC3)sc2c1. The summed E-state index contributed by atoms with van der Waals surface area (Å²) < 4.78 is 6.50. The number of fused-ring (bicyclic) bond motifs is 1. The van der Waals surface area contributed by atoms with Gasteiger partial charge < -0.3 is 20.3 Å². The largest absolute Gasteiger partial charge is 0.378 e. The molecule has 0 aliphatic carbocycles. The molecule has 1 aromatic heterocycles. The molecule has 1 atom stereocenters. The summed E-state index contributed by atoms with van der Waals surface area (Å²) in [5.41, 5.74) is 1.83. The number of carbonyl (C=O) groups is 1. The molecule has 0 bridgehead atoms. The molecule has 2 aliphatic heterocycles. The van der Waals surface area contributed by atoms with Crippen molar-refractivity contribution >= 4 is 50.0 Å². The quantitative estimate of drug-likeness (QED) is 0.850. The first kappa shape index (κ1) is 17.1. The van der Waals surface area contributed by atoms with Crippen LogP contribution in [0.2, 0.25) is 0 Å². The van der Waals surface area contributed by atoms with Gasteiger partial charge in [0, 0.05) is 49.3 Å². The van der Waals surface area contributed by atoms with Crippen LogP contribution in [0.1, 0.15) is 6.42 Å². The zero-order chi connectivity index (χ0) is 17.1. The monoisotopic (exact) mass is 378 g/mol. The summed E-state index contributed by atoms with van der Waals surface area (Å²) in [5, 5.41) is 7.46. The number of nitrogens with one attached hydrogen (secondary N) is 2. The van der Waals surface area contributed by atoms with Crippen molar-refractivity contribution in [2.45, 2.75) is 12.5 Å². The molecule has 8 heteroatoms. The van der Waals surface area contributed by atoms with Gasteiger partial charge in [-0.2, -0.15) is 11.8 Å². The fourth-order valence-electron chi connectivity index (χ4n) is 3.07. The highest BCUT2D eigenvalue weighted by Crippen LogP contribution is 2.31. The molecule has 1 unspecified atom stereocenters. The second-order valence-electron chi connectivity index (χ2n) is 6.26. The number of nitrogens with zero attached hydrogens (tertiary/aromatic N) is 2. The van der Waals surface area contributed by atoms with Crippen molar-refractivity contribution in [1.82, 2.24) is 10.3 Å². The second kappa shape index (κ2) is 7.90. The van der Waals surface area contributed by atoms with Crippen LogP contribution < -0.4 is 15.5 Å². The Morgan fingerprint density at radius 2 is 2.28 bits per heavy atom. The minimum absolute atomic E-state index is 0.0669. The first-order valence-electron chi connectivity index (χ1n) is 8.62. The summed E-state index contributed by atoms with van der Waals surface area (Å²) in [6.07, 6.45) is 0.521. The molecular weight excluding hydrogens is 356 g/mol. The predicted molar refractivity (Wildman–Crippen MR) is 105 cm³/mol. The highest BCUT2D eigenvalue weighted by molar-refractivity contribution is 7.99. The van der Waals surface area contributed by atoms with Crippen LogP contribution in [0, 0.1) is 0 Å². The molecule has 2 aliphatic rings. The van der Waals surface area contributed by atoms with Crippen molar-refractivity contribution in [3.63, 3.8) is 0 Å². The lowest BCUT2D eigenvalue weighted by Gasteiger charge is -2.25. The first-order valence-corrected chi connectivity index (χ1v) is 10.6. The molecule has 2 aromatic rings. The number of morpholine rings is 1. The maximum Gasteiger partial charge on any atom is 0.225 e. The van der Waals surface area contributed by atoms with Gasteiger partial charge in [-0.05, 0) is 18.2 Å². The lowest BCUT2D eigenvalue weighted by atomic mass is 10.2. The van der Waals surface area contributed by atoms with Crippen molar-refractivity contribution < 1.29 is 9.53 Å². The average molecular weight is 379 g/mol. The van der Waals surface area contributed by atoms with Crippen LogP contribution in [0.5, 0.6) is 0 Å². The van der Waals surface area contributed by atoms with Crippen molar-refractivity contribution in [2.75, 3.05) is 54.6 Å². The lowest BCUT2D eigenvalue weighted by molar-refractivity contribution is -0.116. The topological polar surface area (TPSA) is 66.5 Å². The van der Waals surface area contributed by atoms with Crippen molar-refractivity contribution in [3.05, 3.63) is 18.2 Å². The number of amides is 1. The molecule has 1 amide bonds. The molecule has 3 heterocycles. The zero-order valence-electron chi connectivity index (χ0n) is 14.0. The van der Waals surface area contributed by atoms with Gasteiger partial charge in [0.2, 0.25) is 5.91 Å². The average Bonchev–Trinajstić information content (AvgIpc) is 3.06. The van der Waals surface area contributed by atoms with Crippen molar-refractivity contribution in [3.8, 4) is 0 Å². The van der Waals surface area contributed by atoms with E-state index in [1.807, 2.05) is 30.0 Å². The maximum absolute atomic E-state index is 12.3. The number of anilines is 2. The summed E-state index contributed by atoms with van der Waals surface area (Å²) in [6.45, 7) is 4.26. The minimum Gasteiger partial charge on any atom is -0.378 e. The smallest absolute Gasteiger partial charge is 0.225 e. The number of ether oxygens (including phenoxy) is 1. The second-order valence-corrected chi connectivity index (χ2v) is 8.42. The van der Waals surface area contributed by atoms with Gasteiger partial charge in [0.15, 0.2) is 5.13 Å². The molecule has 0 saturated carbocycles. The van der Waals surface area contributed by atoms with Crippen LogP contribution in [0.4, 0.5) is 10.8 Å². The van der Waals surface area contributed by atoms with E-state index in [4.69, 9.17) is 9.72 Å². The number of rotatable bonds is 4. The van der Waals surface area contributed by atoms with E-state index in [0.29, 0.717) is 6.42 Å². The predicted octanol–water partition coefficient (Wildman–Crippen LogP) is 2.17. The Morgan fingerprint density at radius 1 is 1.40 bits per heavy atom. The molecule has 2 saturated heterocycles. The first-order chi connectivity index (χ1) is 12.3. The van der Waals surface area contributed by atoms with Gasteiger partial charge in [-0.15, -0.1) is 0 Å². The Hall–Kier alpha value is -1.35. The van der Waals surface area contributed by atoms with Gasteiger partial charge in [0.1, 0.15) is 0 Å². The van der Waals surface area contributed by atoms with E-state index >= 15 is 0 Å². The fraction of sp³-hybridized carbons (Fsp3) is 0.529. The summed E-state index contributed by atoms with van der Waals surface area (Å²) >= 11 is 3.58. The summed E-state index contributed by atoms with van der Waals surface area (Å²) in [4.78, 5) is 19.3. The van der Waals surface area contributed by atoms with E-state index in [0.717, 1.165) is 65.4 Å². The Labute approximate surface area is 155 Å². The Bertz CT molecular complexity index is 739. The number of thiazole rings is 1. The van der Waals surface area contributed by atoms with E-state index < -0.39 is 0 Å². The number of thioether (sulfide) groups is 1. The van der Waals surface area contributed by atoms with Crippen LogP contribution in [0.25, 0.3) is 10.2 Å². The molecule has 6 nitrogen and oxygen atoms in total. The normalized spacial score (nSPS) is 21.4. The molecule has 2 fully saturated rings. The molecule has 0 spiro atoms.